The number of alkyl halides is 3. The van der Waals surface area contributed by atoms with Gasteiger partial charge in [0.15, 0.2) is 11.3 Å². The number of hydrogen-bond acceptors (Lipinski definition) is 6. The van der Waals surface area contributed by atoms with Crippen molar-refractivity contribution in [2.24, 2.45) is 0 Å². The van der Waals surface area contributed by atoms with Crippen LogP contribution in [0.1, 0.15) is 11.1 Å². The van der Waals surface area contributed by atoms with Crippen LogP contribution in [0.3, 0.4) is 0 Å². The molecule has 0 aliphatic heterocycles. The van der Waals surface area contributed by atoms with Crippen molar-refractivity contribution in [1.29, 1.82) is 0 Å². The van der Waals surface area contributed by atoms with E-state index in [1.165, 1.54) is 29.9 Å². The summed E-state index contributed by atoms with van der Waals surface area (Å²) in [4.78, 5) is 25.7. The molecule has 0 amide bonds. The van der Waals surface area contributed by atoms with Crippen LogP contribution in [0.15, 0.2) is 96.6 Å². The SMILES string of the molecule is COc1cccc(Cn2c(=O)c3c(O)c(Sc4ccccc4C(F)(F)F)c(=O)oc3c3ccccc32)c1. The van der Waals surface area contributed by atoms with Gasteiger partial charge in [-0.3, -0.25) is 4.79 Å². The summed E-state index contributed by atoms with van der Waals surface area (Å²) in [5.74, 6) is -0.144. The minimum Gasteiger partial charge on any atom is -0.505 e. The van der Waals surface area contributed by atoms with Gasteiger partial charge in [-0.25, -0.2) is 4.79 Å². The maximum Gasteiger partial charge on any atom is 0.417 e. The van der Waals surface area contributed by atoms with Gasteiger partial charge in [0.25, 0.3) is 5.56 Å². The van der Waals surface area contributed by atoms with Gasteiger partial charge in [-0.2, -0.15) is 13.2 Å². The Bertz CT molecular complexity index is 1780. The molecule has 2 aromatic heterocycles. The second kappa shape index (κ2) is 9.36. The minimum absolute atomic E-state index is 0.102. The van der Waals surface area contributed by atoms with E-state index in [2.05, 4.69) is 0 Å². The monoisotopic (exact) mass is 525 g/mol. The van der Waals surface area contributed by atoms with E-state index >= 15 is 0 Å². The molecular weight excluding hydrogens is 507 g/mol. The van der Waals surface area contributed by atoms with Gasteiger partial charge in [0.05, 0.1) is 24.7 Å². The quantitative estimate of drug-likeness (QED) is 0.282. The Balaban J connectivity index is 1.75. The van der Waals surface area contributed by atoms with Gasteiger partial charge in [-0.05, 0) is 42.0 Å². The summed E-state index contributed by atoms with van der Waals surface area (Å²) in [5, 5.41) is 11.2. The van der Waals surface area contributed by atoms with E-state index in [1.54, 1.807) is 48.5 Å². The molecule has 0 radical (unpaired) electrons. The van der Waals surface area contributed by atoms with Crippen molar-refractivity contribution in [3.63, 3.8) is 0 Å². The summed E-state index contributed by atoms with van der Waals surface area (Å²) >= 11 is 0.397. The van der Waals surface area contributed by atoms with Crippen LogP contribution in [-0.4, -0.2) is 16.8 Å². The molecule has 0 aliphatic carbocycles. The van der Waals surface area contributed by atoms with Gasteiger partial charge in [-0.1, -0.05) is 48.2 Å². The first-order valence-electron chi connectivity index (χ1n) is 11.0. The number of aromatic nitrogens is 1. The first-order valence-corrected chi connectivity index (χ1v) is 11.8. The van der Waals surface area contributed by atoms with Crippen LogP contribution in [-0.2, 0) is 12.7 Å². The molecule has 188 valence electrons. The van der Waals surface area contributed by atoms with Gasteiger partial charge in [-0.15, -0.1) is 0 Å². The third kappa shape index (κ3) is 4.44. The molecule has 0 fully saturated rings. The lowest BCUT2D eigenvalue weighted by Crippen LogP contribution is -2.22. The molecule has 0 saturated carbocycles. The average molecular weight is 526 g/mol. The summed E-state index contributed by atoms with van der Waals surface area (Å²) in [6.45, 7) is 0.102. The van der Waals surface area contributed by atoms with Crippen LogP contribution in [0, 0.1) is 0 Å². The Morgan fingerprint density at radius 3 is 2.49 bits per heavy atom. The predicted octanol–water partition coefficient (Wildman–Crippen LogP) is 6.04. The lowest BCUT2D eigenvalue weighted by Gasteiger charge is -2.15. The summed E-state index contributed by atoms with van der Waals surface area (Å²) in [6, 6.07) is 18.4. The maximum atomic E-state index is 13.7. The molecule has 0 bridgehead atoms. The smallest absolute Gasteiger partial charge is 0.417 e. The fraction of sp³-hybridized carbons (Fsp3) is 0.111. The molecule has 5 aromatic rings. The first kappa shape index (κ1) is 24.5. The molecule has 0 unspecified atom stereocenters. The van der Waals surface area contributed by atoms with E-state index in [9.17, 15) is 27.9 Å². The highest BCUT2D eigenvalue weighted by Gasteiger charge is 2.34. The molecule has 3 aromatic carbocycles. The highest BCUT2D eigenvalue weighted by atomic mass is 32.2. The molecular formula is C27H18F3NO5S. The van der Waals surface area contributed by atoms with E-state index in [-0.39, 0.29) is 22.4 Å². The number of ether oxygens (including phenoxy) is 1. The second-order valence-electron chi connectivity index (χ2n) is 8.13. The maximum absolute atomic E-state index is 13.7. The van der Waals surface area contributed by atoms with Gasteiger partial charge < -0.3 is 18.8 Å². The van der Waals surface area contributed by atoms with Crippen molar-refractivity contribution >= 4 is 33.6 Å². The molecule has 2 heterocycles. The molecule has 0 aliphatic rings. The van der Waals surface area contributed by atoms with Crippen molar-refractivity contribution in [2.45, 2.75) is 22.5 Å². The lowest BCUT2D eigenvalue weighted by atomic mass is 10.1. The summed E-state index contributed by atoms with van der Waals surface area (Å²) < 4.78 is 52.7. The van der Waals surface area contributed by atoms with E-state index in [0.717, 1.165) is 11.6 Å². The number of nitrogens with zero attached hydrogens (tertiary/aromatic N) is 1. The largest absolute Gasteiger partial charge is 0.505 e. The number of methoxy groups -OCH3 is 1. The first-order chi connectivity index (χ1) is 17.7. The van der Waals surface area contributed by atoms with Gasteiger partial charge in [0.2, 0.25) is 0 Å². The van der Waals surface area contributed by atoms with Gasteiger partial charge in [0, 0.05) is 10.3 Å². The minimum atomic E-state index is -4.68. The van der Waals surface area contributed by atoms with Crippen molar-refractivity contribution in [1.82, 2.24) is 4.57 Å². The molecule has 10 heteroatoms. The molecule has 0 atom stereocenters. The lowest BCUT2D eigenvalue weighted by molar-refractivity contribution is -0.139. The number of hydrogen-bond donors (Lipinski definition) is 1. The summed E-state index contributed by atoms with van der Waals surface area (Å²) in [5.41, 5.74) is -1.65. The number of pyridine rings is 1. The second-order valence-corrected chi connectivity index (χ2v) is 9.18. The van der Waals surface area contributed by atoms with Gasteiger partial charge >= 0.3 is 11.8 Å². The van der Waals surface area contributed by atoms with E-state index in [0.29, 0.717) is 28.4 Å². The predicted molar refractivity (Wildman–Crippen MR) is 134 cm³/mol. The summed E-state index contributed by atoms with van der Waals surface area (Å²) in [6.07, 6.45) is -4.68. The van der Waals surface area contributed by atoms with Crippen LogP contribution >= 0.6 is 11.8 Å². The van der Waals surface area contributed by atoms with Crippen molar-refractivity contribution in [3.8, 4) is 11.5 Å². The van der Waals surface area contributed by atoms with Crippen LogP contribution in [0.4, 0.5) is 13.2 Å². The fourth-order valence-electron chi connectivity index (χ4n) is 4.14. The molecule has 5 rings (SSSR count). The number of benzene rings is 3. The van der Waals surface area contributed by atoms with E-state index in [1.807, 2.05) is 0 Å². The molecule has 6 nitrogen and oxygen atoms in total. The Hall–Kier alpha value is -4.18. The molecule has 0 spiro atoms. The highest BCUT2D eigenvalue weighted by molar-refractivity contribution is 7.99. The Labute approximate surface area is 211 Å². The van der Waals surface area contributed by atoms with Crippen molar-refractivity contribution in [3.05, 3.63) is 105 Å². The number of halogens is 3. The Kier molecular flexibility index (Phi) is 6.20. The molecule has 37 heavy (non-hydrogen) atoms. The zero-order valence-corrected chi connectivity index (χ0v) is 20.0. The highest BCUT2D eigenvalue weighted by Crippen LogP contribution is 2.42. The third-order valence-electron chi connectivity index (χ3n) is 5.84. The Morgan fingerprint density at radius 1 is 1.00 bits per heavy atom. The average Bonchev–Trinajstić information content (AvgIpc) is 2.88. The number of fused-ring (bicyclic) bond motifs is 3. The summed E-state index contributed by atoms with van der Waals surface area (Å²) in [7, 11) is 1.52. The molecule has 0 saturated heterocycles. The molecule has 1 N–H and O–H groups in total. The van der Waals surface area contributed by atoms with E-state index in [4.69, 9.17) is 9.15 Å². The van der Waals surface area contributed by atoms with E-state index < -0.39 is 33.6 Å². The van der Waals surface area contributed by atoms with Gasteiger partial charge in [0.1, 0.15) is 16.0 Å². The number of para-hydroxylation sites is 1. The number of rotatable bonds is 5. The van der Waals surface area contributed by atoms with Crippen LogP contribution in [0.5, 0.6) is 11.5 Å². The zero-order chi connectivity index (χ0) is 26.3. The third-order valence-corrected chi connectivity index (χ3v) is 6.98. The van der Waals surface area contributed by atoms with Crippen LogP contribution in [0.25, 0.3) is 21.9 Å². The normalized spacial score (nSPS) is 11.8. The topological polar surface area (TPSA) is 81.7 Å². The fourth-order valence-corrected chi connectivity index (χ4v) is 5.13. The standard InChI is InChI=1S/C27H18F3NO5S/c1-35-16-8-6-7-15(13-16)14-31-19-11-4-2-9-17(19)23-21(25(31)33)22(32)24(26(34)36-23)37-20-12-5-3-10-18(20)27(28,29)30/h2-13,32H,14H2,1H3. The van der Waals surface area contributed by atoms with Crippen molar-refractivity contribution in [2.75, 3.05) is 7.11 Å². The van der Waals surface area contributed by atoms with Crippen LogP contribution < -0.4 is 15.9 Å². The van der Waals surface area contributed by atoms with Crippen molar-refractivity contribution < 1.29 is 27.4 Å². The zero-order valence-electron chi connectivity index (χ0n) is 19.2. The number of aromatic hydroxyl groups is 1. The van der Waals surface area contributed by atoms with Crippen LogP contribution in [0.2, 0.25) is 0 Å². The Morgan fingerprint density at radius 2 is 1.73 bits per heavy atom.